The molecular formula is C15H16BrP. The fourth-order valence-electron chi connectivity index (χ4n) is 1.89. The minimum Gasteiger partial charge on any atom is -0.0650 e. The van der Waals surface area contributed by atoms with E-state index >= 15 is 0 Å². The van der Waals surface area contributed by atoms with Crippen LogP contribution >= 0.6 is 23.9 Å². The lowest BCUT2D eigenvalue weighted by atomic mass is 10.4. The zero-order chi connectivity index (χ0) is 12.1. The molecule has 0 saturated carbocycles. The molecule has 0 N–H and O–H groups in total. The van der Waals surface area contributed by atoms with Gasteiger partial charge in [-0.25, -0.2) is 0 Å². The first kappa shape index (κ1) is 12.8. The third-order valence-electron chi connectivity index (χ3n) is 2.66. The summed E-state index contributed by atoms with van der Waals surface area (Å²) in [5, 5.41) is 2.92. The molecule has 0 aliphatic rings. The molecule has 1 unspecified atom stereocenters. The Kier molecular flexibility index (Phi) is 4.76. The first-order valence-electron chi connectivity index (χ1n) is 5.90. The molecule has 0 aliphatic heterocycles. The SMILES string of the molecule is CCCP(c1ccccc1)c1ccccc1Br. The van der Waals surface area contributed by atoms with Crippen LogP contribution in [0.4, 0.5) is 0 Å². The Morgan fingerprint density at radius 2 is 1.59 bits per heavy atom. The summed E-state index contributed by atoms with van der Waals surface area (Å²) in [6.07, 6.45) is 2.48. The van der Waals surface area contributed by atoms with E-state index in [1.54, 1.807) is 0 Å². The van der Waals surface area contributed by atoms with E-state index in [4.69, 9.17) is 0 Å². The molecule has 0 nitrogen and oxygen atoms in total. The van der Waals surface area contributed by atoms with Gasteiger partial charge in [-0.05, 0) is 30.8 Å². The van der Waals surface area contributed by atoms with E-state index < -0.39 is 0 Å². The minimum atomic E-state index is -0.219. The van der Waals surface area contributed by atoms with Gasteiger partial charge in [-0.3, -0.25) is 0 Å². The Bertz CT molecular complexity index is 467. The molecular weight excluding hydrogens is 291 g/mol. The third kappa shape index (κ3) is 3.18. The zero-order valence-electron chi connectivity index (χ0n) is 9.94. The van der Waals surface area contributed by atoms with Crippen molar-refractivity contribution in [1.82, 2.24) is 0 Å². The highest BCUT2D eigenvalue weighted by Gasteiger charge is 2.14. The highest BCUT2D eigenvalue weighted by atomic mass is 79.9. The van der Waals surface area contributed by atoms with Crippen LogP contribution in [-0.2, 0) is 0 Å². The van der Waals surface area contributed by atoms with Crippen molar-refractivity contribution < 1.29 is 0 Å². The first-order valence-corrected chi connectivity index (χ1v) is 8.22. The van der Waals surface area contributed by atoms with E-state index in [-0.39, 0.29) is 7.92 Å². The fourth-order valence-corrected chi connectivity index (χ4v) is 5.17. The summed E-state index contributed by atoms with van der Waals surface area (Å²) in [6, 6.07) is 19.5. The maximum Gasteiger partial charge on any atom is 0.0255 e. The van der Waals surface area contributed by atoms with Gasteiger partial charge in [0.2, 0.25) is 0 Å². The summed E-state index contributed by atoms with van der Waals surface area (Å²) < 4.78 is 1.24. The summed E-state index contributed by atoms with van der Waals surface area (Å²) in [4.78, 5) is 0. The van der Waals surface area contributed by atoms with E-state index in [9.17, 15) is 0 Å². The van der Waals surface area contributed by atoms with Gasteiger partial charge in [0, 0.05) is 4.47 Å². The molecule has 1 atom stereocenters. The van der Waals surface area contributed by atoms with E-state index in [0.717, 1.165) is 0 Å². The van der Waals surface area contributed by atoms with E-state index in [1.807, 2.05) is 0 Å². The quantitative estimate of drug-likeness (QED) is 0.739. The molecule has 0 amide bonds. The smallest absolute Gasteiger partial charge is 0.0255 e. The molecule has 0 bridgehead atoms. The Morgan fingerprint density at radius 1 is 0.941 bits per heavy atom. The zero-order valence-corrected chi connectivity index (χ0v) is 12.4. The van der Waals surface area contributed by atoms with Crippen LogP contribution in [-0.4, -0.2) is 6.16 Å². The average Bonchev–Trinajstić information content (AvgIpc) is 2.38. The van der Waals surface area contributed by atoms with Crippen molar-refractivity contribution in [3.05, 3.63) is 59.1 Å². The summed E-state index contributed by atoms with van der Waals surface area (Å²) >= 11 is 3.68. The Labute approximate surface area is 113 Å². The molecule has 88 valence electrons. The van der Waals surface area contributed by atoms with Gasteiger partial charge in [0.1, 0.15) is 0 Å². The normalized spacial score (nSPS) is 12.4. The fraction of sp³-hybridized carbons (Fsp3) is 0.200. The number of rotatable bonds is 4. The topological polar surface area (TPSA) is 0 Å². The maximum absolute atomic E-state index is 3.68. The second-order valence-corrected chi connectivity index (χ2v) is 7.09. The molecule has 0 fully saturated rings. The highest BCUT2D eigenvalue weighted by molar-refractivity contribution is 9.10. The van der Waals surface area contributed by atoms with Gasteiger partial charge in [0.05, 0.1) is 0 Å². The first-order chi connectivity index (χ1) is 8.33. The van der Waals surface area contributed by atoms with Crippen molar-refractivity contribution in [2.45, 2.75) is 13.3 Å². The number of benzene rings is 2. The van der Waals surface area contributed by atoms with Crippen molar-refractivity contribution in [3.8, 4) is 0 Å². The van der Waals surface area contributed by atoms with Crippen LogP contribution < -0.4 is 10.6 Å². The number of halogens is 1. The molecule has 0 radical (unpaired) electrons. The molecule has 0 heterocycles. The minimum absolute atomic E-state index is 0.219. The third-order valence-corrected chi connectivity index (χ3v) is 6.44. The van der Waals surface area contributed by atoms with Crippen LogP contribution in [0.3, 0.4) is 0 Å². The Morgan fingerprint density at radius 3 is 2.24 bits per heavy atom. The van der Waals surface area contributed by atoms with Gasteiger partial charge >= 0.3 is 0 Å². The second-order valence-electron chi connectivity index (χ2n) is 3.94. The predicted molar refractivity (Wildman–Crippen MR) is 81.9 cm³/mol. The van der Waals surface area contributed by atoms with Gasteiger partial charge < -0.3 is 0 Å². The van der Waals surface area contributed by atoms with Crippen molar-refractivity contribution in [2.24, 2.45) is 0 Å². The van der Waals surface area contributed by atoms with Crippen molar-refractivity contribution >= 4 is 34.5 Å². The summed E-state index contributed by atoms with van der Waals surface area (Å²) in [5.41, 5.74) is 0. The van der Waals surface area contributed by atoms with Crippen LogP contribution in [0.1, 0.15) is 13.3 Å². The van der Waals surface area contributed by atoms with Crippen molar-refractivity contribution in [3.63, 3.8) is 0 Å². The largest absolute Gasteiger partial charge is 0.0650 e. The molecule has 2 heteroatoms. The molecule has 0 saturated heterocycles. The number of hydrogen-bond donors (Lipinski definition) is 0. The Balaban J connectivity index is 2.39. The van der Waals surface area contributed by atoms with Crippen molar-refractivity contribution in [2.75, 3.05) is 6.16 Å². The van der Waals surface area contributed by atoms with Gasteiger partial charge in [0.25, 0.3) is 0 Å². The predicted octanol–water partition coefficient (Wildman–Crippen LogP) is 4.29. The molecule has 2 aromatic rings. The standard InChI is InChI=1S/C15H16BrP/c1-2-12-17(13-8-4-3-5-9-13)15-11-7-6-10-14(15)16/h3-11H,2,12H2,1H3. The monoisotopic (exact) mass is 306 g/mol. The Hall–Kier alpha value is -0.650. The van der Waals surface area contributed by atoms with Gasteiger partial charge in [-0.15, -0.1) is 0 Å². The van der Waals surface area contributed by atoms with Gasteiger partial charge in [-0.2, -0.15) is 0 Å². The summed E-state index contributed by atoms with van der Waals surface area (Å²) in [5.74, 6) is 0. The lowest BCUT2D eigenvalue weighted by Crippen LogP contribution is -2.14. The lowest BCUT2D eigenvalue weighted by Gasteiger charge is -2.19. The van der Waals surface area contributed by atoms with Crippen LogP contribution in [0.15, 0.2) is 59.1 Å². The average molecular weight is 307 g/mol. The van der Waals surface area contributed by atoms with Crippen LogP contribution in [0.2, 0.25) is 0 Å². The second kappa shape index (κ2) is 6.33. The van der Waals surface area contributed by atoms with Crippen molar-refractivity contribution in [1.29, 1.82) is 0 Å². The van der Waals surface area contributed by atoms with E-state index in [2.05, 4.69) is 77.5 Å². The summed E-state index contributed by atoms with van der Waals surface area (Å²) in [7, 11) is -0.219. The molecule has 0 spiro atoms. The maximum atomic E-state index is 3.68. The molecule has 2 aromatic carbocycles. The molecule has 0 aromatic heterocycles. The van der Waals surface area contributed by atoms with E-state index in [1.165, 1.54) is 27.7 Å². The lowest BCUT2D eigenvalue weighted by molar-refractivity contribution is 1.10. The highest BCUT2D eigenvalue weighted by Crippen LogP contribution is 2.36. The van der Waals surface area contributed by atoms with Gasteiger partial charge in [0.15, 0.2) is 0 Å². The van der Waals surface area contributed by atoms with Gasteiger partial charge in [-0.1, -0.05) is 77.8 Å². The summed E-state index contributed by atoms with van der Waals surface area (Å²) in [6.45, 7) is 2.26. The van der Waals surface area contributed by atoms with E-state index in [0.29, 0.717) is 0 Å². The molecule has 17 heavy (non-hydrogen) atoms. The van der Waals surface area contributed by atoms with Crippen LogP contribution in [0, 0.1) is 0 Å². The van der Waals surface area contributed by atoms with Crippen LogP contribution in [0.25, 0.3) is 0 Å². The van der Waals surface area contributed by atoms with Crippen LogP contribution in [0.5, 0.6) is 0 Å². The molecule has 2 rings (SSSR count). The molecule has 0 aliphatic carbocycles. The number of hydrogen-bond acceptors (Lipinski definition) is 0.